The molecule has 6 rings (SSSR count). The molecule has 0 amide bonds. The average Bonchev–Trinajstić information content (AvgIpc) is 3.41. The SMILES string of the molecule is Cc1ccc2c(-c3nnc(SCCCC4CCc5cc6ncoc6cc5NC4)n3C)cccc2n1. The maximum absolute atomic E-state index is 5.47. The largest absolute Gasteiger partial charge is 0.443 e. The molecule has 5 aromatic rings. The molecule has 4 heterocycles. The van der Waals surface area contributed by atoms with Crippen LogP contribution in [0.15, 0.2) is 58.4 Å². The van der Waals surface area contributed by atoms with Crippen LogP contribution < -0.4 is 5.32 Å². The average molecular weight is 485 g/mol. The molecule has 1 N–H and O–H groups in total. The minimum atomic E-state index is 0.656. The molecule has 8 heteroatoms. The Labute approximate surface area is 208 Å². The van der Waals surface area contributed by atoms with Gasteiger partial charge in [0.15, 0.2) is 23.0 Å². The molecule has 1 aliphatic rings. The Bertz CT molecular complexity index is 1460. The van der Waals surface area contributed by atoms with E-state index in [1.807, 2.05) is 25.1 Å². The highest BCUT2D eigenvalue weighted by molar-refractivity contribution is 7.99. The van der Waals surface area contributed by atoms with E-state index in [4.69, 9.17) is 4.42 Å². The van der Waals surface area contributed by atoms with E-state index in [2.05, 4.69) is 61.4 Å². The number of pyridine rings is 1. The van der Waals surface area contributed by atoms with Gasteiger partial charge in [0.1, 0.15) is 5.52 Å². The summed E-state index contributed by atoms with van der Waals surface area (Å²) in [6, 6.07) is 14.6. The summed E-state index contributed by atoms with van der Waals surface area (Å²) in [7, 11) is 2.05. The fraction of sp³-hybridized carbons (Fsp3) is 0.333. The molecule has 0 saturated carbocycles. The van der Waals surface area contributed by atoms with E-state index < -0.39 is 0 Å². The maximum Gasteiger partial charge on any atom is 0.191 e. The van der Waals surface area contributed by atoms with Gasteiger partial charge in [0.2, 0.25) is 0 Å². The van der Waals surface area contributed by atoms with Crippen LogP contribution >= 0.6 is 11.8 Å². The summed E-state index contributed by atoms with van der Waals surface area (Å²) in [6.45, 7) is 3.02. The standard InChI is InChI=1S/C27H28N6OS/c1-17-8-11-20-21(6-3-7-22(20)30-17)26-31-32-27(33(26)2)35-12-4-5-18-9-10-19-13-24-25(34-16-29-24)14-23(19)28-15-18/h3,6-8,11,13-14,16,18,28H,4-5,9-10,12,15H2,1-2H3. The topological polar surface area (TPSA) is 81.7 Å². The summed E-state index contributed by atoms with van der Waals surface area (Å²) in [5, 5.41) is 14.7. The van der Waals surface area contributed by atoms with E-state index in [9.17, 15) is 0 Å². The zero-order chi connectivity index (χ0) is 23.8. The van der Waals surface area contributed by atoms with Crippen molar-refractivity contribution in [3.8, 4) is 11.4 Å². The number of rotatable bonds is 6. The van der Waals surface area contributed by atoms with Crippen LogP contribution in [0.2, 0.25) is 0 Å². The predicted molar refractivity (Wildman–Crippen MR) is 141 cm³/mol. The van der Waals surface area contributed by atoms with Gasteiger partial charge in [-0.15, -0.1) is 10.2 Å². The van der Waals surface area contributed by atoms with Gasteiger partial charge >= 0.3 is 0 Å². The molecular formula is C27H28N6OS. The van der Waals surface area contributed by atoms with Crippen molar-refractivity contribution in [3.05, 3.63) is 60.1 Å². The van der Waals surface area contributed by atoms with Crippen molar-refractivity contribution >= 4 is 39.5 Å². The van der Waals surface area contributed by atoms with Gasteiger partial charge in [-0.25, -0.2) is 4.98 Å². The Balaban J connectivity index is 1.06. The molecule has 1 aliphatic heterocycles. The van der Waals surface area contributed by atoms with Crippen molar-refractivity contribution in [2.45, 2.75) is 37.8 Å². The zero-order valence-electron chi connectivity index (χ0n) is 20.0. The number of fused-ring (bicyclic) bond motifs is 3. The second-order valence-corrected chi connectivity index (χ2v) is 10.4. The normalized spacial score (nSPS) is 15.8. The van der Waals surface area contributed by atoms with Crippen LogP contribution in [0.1, 0.15) is 30.5 Å². The van der Waals surface area contributed by atoms with E-state index >= 15 is 0 Å². The highest BCUT2D eigenvalue weighted by Crippen LogP contribution is 2.31. The van der Waals surface area contributed by atoms with Crippen LogP contribution in [-0.4, -0.2) is 37.0 Å². The van der Waals surface area contributed by atoms with Crippen molar-refractivity contribution in [1.29, 1.82) is 0 Å². The molecule has 2 aromatic carbocycles. The zero-order valence-corrected chi connectivity index (χ0v) is 20.8. The van der Waals surface area contributed by atoms with E-state index in [1.165, 1.54) is 30.5 Å². The van der Waals surface area contributed by atoms with Crippen LogP contribution in [0.5, 0.6) is 0 Å². The molecule has 0 aliphatic carbocycles. The number of hydrogen-bond donors (Lipinski definition) is 1. The van der Waals surface area contributed by atoms with E-state index in [0.29, 0.717) is 5.92 Å². The lowest BCUT2D eigenvalue weighted by atomic mass is 9.97. The number of nitrogens with one attached hydrogen (secondary N) is 1. The second-order valence-electron chi connectivity index (χ2n) is 9.30. The summed E-state index contributed by atoms with van der Waals surface area (Å²) in [4.78, 5) is 8.96. The lowest BCUT2D eigenvalue weighted by molar-refractivity contribution is 0.476. The molecular weight excluding hydrogens is 456 g/mol. The number of anilines is 1. The van der Waals surface area contributed by atoms with Gasteiger partial charge in [-0.2, -0.15) is 0 Å². The number of thioether (sulfide) groups is 1. The van der Waals surface area contributed by atoms with Gasteiger partial charge in [-0.1, -0.05) is 30.0 Å². The number of benzene rings is 2. The van der Waals surface area contributed by atoms with Gasteiger partial charge in [0.05, 0.1) is 5.52 Å². The molecule has 0 fully saturated rings. The summed E-state index contributed by atoms with van der Waals surface area (Å²) in [6.07, 6.45) is 6.13. The van der Waals surface area contributed by atoms with E-state index in [1.54, 1.807) is 11.8 Å². The first-order valence-corrected chi connectivity index (χ1v) is 13.1. The number of aryl methyl sites for hydroxylation is 2. The van der Waals surface area contributed by atoms with Crippen molar-refractivity contribution in [3.63, 3.8) is 0 Å². The monoisotopic (exact) mass is 484 g/mol. The summed E-state index contributed by atoms with van der Waals surface area (Å²) in [5.74, 6) is 2.57. The minimum Gasteiger partial charge on any atom is -0.443 e. The molecule has 1 unspecified atom stereocenters. The highest BCUT2D eigenvalue weighted by atomic mass is 32.2. The second kappa shape index (κ2) is 9.34. The maximum atomic E-state index is 5.47. The molecule has 1 atom stereocenters. The first-order valence-electron chi connectivity index (χ1n) is 12.1. The number of aromatic nitrogens is 5. The molecule has 35 heavy (non-hydrogen) atoms. The molecule has 0 radical (unpaired) electrons. The van der Waals surface area contributed by atoms with Crippen LogP contribution in [0, 0.1) is 12.8 Å². The van der Waals surface area contributed by atoms with Crippen molar-refractivity contribution < 1.29 is 4.42 Å². The first kappa shape index (κ1) is 22.1. The highest BCUT2D eigenvalue weighted by Gasteiger charge is 2.18. The molecule has 178 valence electrons. The Hall–Kier alpha value is -3.39. The Morgan fingerprint density at radius 3 is 3.03 bits per heavy atom. The molecule has 0 bridgehead atoms. The van der Waals surface area contributed by atoms with Gasteiger partial charge in [-0.3, -0.25) is 4.98 Å². The van der Waals surface area contributed by atoms with Gasteiger partial charge in [-0.05, 0) is 62.3 Å². The number of hydrogen-bond acceptors (Lipinski definition) is 7. The molecule has 7 nitrogen and oxygen atoms in total. The van der Waals surface area contributed by atoms with Crippen molar-refractivity contribution in [2.24, 2.45) is 13.0 Å². The van der Waals surface area contributed by atoms with Crippen molar-refractivity contribution in [2.75, 3.05) is 17.6 Å². The van der Waals surface area contributed by atoms with Gasteiger partial charge in [0, 0.05) is 47.7 Å². The minimum absolute atomic E-state index is 0.656. The molecule has 3 aromatic heterocycles. The first-order chi connectivity index (χ1) is 17.2. The summed E-state index contributed by atoms with van der Waals surface area (Å²) in [5.41, 5.74) is 7.41. The Kier molecular flexibility index (Phi) is 5.90. The fourth-order valence-electron chi connectivity index (χ4n) is 4.94. The number of nitrogens with zero attached hydrogens (tertiary/aromatic N) is 5. The van der Waals surface area contributed by atoms with Crippen LogP contribution in [-0.2, 0) is 13.5 Å². The van der Waals surface area contributed by atoms with Crippen molar-refractivity contribution in [1.82, 2.24) is 24.7 Å². The van der Waals surface area contributed by atoms with E-state index in [0.717, 1.165) is 69.4 Å². The van der Waals surface area contributed by atoms with Crippen LogP contribution in [0.3, 0.4) is 0 Å². The lowest BCUT2D eigenvalue weighted by Crippen LogP contribution is -2.12. The molecule has 0 saturated heterocycles. The predicted octanol–water partition coefficient (Wildman–Crippen LogP) is 6.03. The van der Waals surface area contributed by atoms with Gasteiger partial charge < -0.3 is 14.3 Å². The van der Waals surface area contributed by atoms with Gasteiger partial charge in [0.25, 0.3) is 0 Å². The Morgan fingerprint density at radius 1 is 1.14 bits per heavy atom. The van der Waals surface area contributed by atoms with Crippen LogP contribution in [0.25, 0.3) is 33.4 Å². The smallest absolute Gasteiger partial charge is 0.191 e. The quantitative estimate of drug-likeness (QED) is 0.233. The Morgan fingerprint density at radius 2 is 2.09 bits per heavy atom. The summed E-state index contributed by atoms with van der Waals surface area (Å²) < 4.78 is 7.57. The van der Waals surface area contributed by atoms with E-state index in [-0.39, 0.29) is 0 Å². The molecule has 0 spiro atoms. The fourth-order valence-corrected chi connectivity index (χ4v) is 5.82. The van der Waals surface area contributed by atoms with Crippen LogP contribution in [0.4, 0.5) is 5.69 Å². The number of oxazole rings is 1. The third-order valence-corrected chi connectivity index (χ3v) is 8.00. The lowest BCUT2D eigenvalue weighted by Gasteiger charge is -2.14. The third kappa shape index (κ3) is 4.38. The third-order valence-electron chi connectivity index (χ3n) is 6.89. The summed E-state index contributed by atoms with van der Waals surface area (Å²) >= 11 is 1.79.